The van der Waals surface area contributed by atoms with Gasteiger partial charge in [0.1, 0.15) is 23.2 Å². The lowest BCUT2D eigenvalue weighted by atomic mass is 9.97. The minimum atomic E-state index is -0.672. The first-order chi connectivity index (χ1) is 11.6. The van der Waals surface area contributed by atoms with Gasteiger partial charge in [-0.1, -0.05) is 60.7 Å². The fourth-order valence-corrected chi connectivity index (χ4v) is 3.12. The van der Waals surface area contributed by atoms with Crippen molar-refractivity contribution >= 4 is 11.7 Å². The van der Waals surface area contributed by atoms with E-state index < -0.39 is 11.5 Å². The Morgan fingerprint density at radius 1 is 0.833 bits per heavy atom. The summed E-state index contributed by atoms with van der Waals surface area (Å²) < 4.78 is 2.18. The van der Waals surface area contributed by atoms with Gasteiger partial charge in [0.05, 0.1) is 0 Å². The third-order valence-corrected chi connectivity index (χ3v) is 4.23. The van der Waals surface area contributed by atoms with Crippen LogP contribution < -0.4 is 5.56 Å². The van der Waals surface area contributed by atoms with E-state index >= 15 is 0 Å². The third-order valence-electron chi connectivity index (χ3n) is 4.23. The second kappa shape index (κ2) is 5.06. The molecule has 2 heterocycles. The van der Waals surface area contributed by atoms with Crippen molar-refractivity contribution in [1.29, 1.82) is 10.8 Å². The smallest absolute Gasteiger partial charge is 0.284 e. The van der Waals surface area contributed by atoms with E-state index in [1.54, 1.807) is 36.4 Å². The molecular weight excluding hydrogens is 304 g/mol. The molecule has 24 heavy (non-hydrogen) atoms. The van der Waals surface area contributed by atoms with Gasteiger partial charge in [-0.25, -0.2) is 0 Å². The Bertz CT molecular complexity index is 1020. The fourth-order valence-electron chi connectivity index (χ4n) is 3.12. The predicted molar refractivity (Wildman–Crippen MR) is 91.2 cm³/mol. The van der Waals surface area contributed by atoms with Crippen molar-refractivity contribution in [2.75, 3.05) is 0 Å². The van der Waals surface area contributed by atoms with Crippen molar-refractivity contribution < 1.29 is 5.11 Å². The molecule has 6 heteroatoms. The number of rotatable bonds is 2. The van der Waals surface area contributed by atoms with Crippen LogP contribution in [0.5, 0.6) is 5.88 Å². The molecule has 0 amide bonds. The molecule has 0 saturated heterocycles. The van der Waals surface area contributed by atoms with Gasteiger partial charge in [0, 0.05) is 0 Å². The van der Waals surface area contributed by atoms with Crippen LogP contribution in [-0.2, 0) is 0 Å². The highest BCUT2D eigenvalue weighted by molar-refractivity contribution is 6.15. The molecule has 3 N–H and O–H groups in total. The Labute approximate surface area is 137 Å². The van der Waals surface area contributed by atoms with Crippen molar-refractivity contribution in [2.24, 2.45) is 0 Å². The topological polar surface area (TPSA) is 94.9 Å². The fraction of sp³-hybridized carbons (Fsp3) is 0.0556. The summed E-state index contributed by atoms with van der Waals surface area (Å²) >= 11 is 0. The second-order valence-electron chi connectivity index (χ2n) is 5.61. The molecule has 1 aliphatic heterocycles. The van der Waals surface area contributed by atoms with Crippen molar-refractivity contribution in [1.82, 2.24) is 9.36 Å². The van der Waals surface area contributed by atoms with Crippen LogP contribution in [-0.4, -0.2) is 26.1 Å². The zero-order valence-corrected chi connectivity index (χ0v) is 12.6. The molecule has 0 aliphatic carbocycles. The van der Waals surface area contributed by atoms with Gasteiger partial charge in [0.25, 0.3) is 5.56 Å². The van der Waals surface area contributed by atoms with Gasteiger partial charge in [0.15, 0.2) is 0 Å². The molecule has 0 spiro atoms. The molecule has 6 nitrogen and oxygen atoms in total. The molecule has 1 atom stereocenters. The molecule has 1 aromatic heterocycles. The summed E-state index contributed by atoms with van der Waals surface area (Å²) in [5, 5.41) is 27.3. The standard InChI is InChI=1S/C18H14N4O2/c19-15-13(11-7-3-1-4-8-11)16(20)22-18(24)14(17(23)21(15)22)12-9-5-2-6-10-12/h1-10,13,19-20,23H. The van der Waals surface area contributed by atoms with Crippen LogP contribution >= 0.6 is 0 Å². The highest BCUT2D eigenvalue weighted by Gasteiger charge is 2.39. The number of nitrogens with zero attached hydrogens (tertiary/aromatic N) is 2. The van der Waals surface area contributed by atoms with E-state index in [1.165, 1.54) is 0 Å². The van der Waals surface area contributed by atoms with Gasteiger partial charge in [-0.05, 0) is 11.1 Å². The second-order valence-corrected chi connectivity index (χ2v) is 5.61. The van der Waals surface area contributed by atoms with Crippen LogP contribution in [0.4, 0.5) is 0 Å². The highest BCUT2D eigenvalue weighted by atomic mass is 16.3. The minimum absolute atomic E-state index is 0.0111. The van der Waals surface area contributed by atoms with Crippen molar-refractivity contribution in [2.45, 2.75) is 5.92 Å². The van der Waals surface area contributed by atoms with E-state index in [9.17, 15) is 9.90 Å². The molecule has 4 rings (SSSR count). The van der Waals surface area contributed by atoms with Crippen LogP contribution in [0.3, 0.4) is 0 Å². The van der Waals surface area contributed by atoms with Crippen LogP contribution in [0.1, 0.15) is 11.5 Å². The van der Waals surface area contributed by atoms with Crippen LogP contribution in [0.25, 0.3) is 11.1 Å². The maximum Gasteiger partial charge on any atom is 0.284 e. The minimum Gasteiger partial charge on any atom is -0.493 e. The predicted octanol–water partition coefficient (Wildman–Crippen LogP) is 2.47. The largest absolute Gasteiger partial charge is 0.493 e. The number of fused-ring (bicyclic) bond motifs is 1. The van der Waals surface area contributed by atoms with E-state index in [4.69, 9.17) is 10.8 Å². The molecule has 0 saturated carbocycles. The number of nitrogens with one attached hydrogen (secondary N) is 2. The summed E-state index contributed by atoms with van der Waals surface area (Å²) in [7, 11) is 0. The SMILES string of the molecule is N=C1C(c2ccccc2)C(=N)n2c(=O)c(-c3ccccc3)c(O)n21. The average Bonchev–Trinajstić information content (AvgIpc) is 3.02. The number of hydrogen-bond donors (Lipinski definition) is 3. The third kappa shape index (κ3) is 1.80. The molecule has 3 aromatic rings. The average molecular weight is 318 g/mol. The first-order valence-electron chi connectivity index (χ1n) is 7.46. The van der Waals surface area contributed by atoms with Gasteiger partial charge in [0.2, 0.25) is 5.88 Å². The van der Waals surface area contributed by atoms with Gasteiger partial charge in [-0.15, -0.1) is 0 Å². The van der Waals surface area contributed by atoms with Gasteiger partial charge < -0.3 is 5.11 Å². The Morgan fingerprint density at radius 3 is 1.96 bits per heavy atom. The first-order valence-corrected chi connectivity index (χ1v) is 7.46. The summed E-state index contributed by atoms with van der Waals surface area (Å²) in [4.78, 5) is 12.8. The van der Waals surface area contributed by atoms with Crippen LogP contribution in [0, 0.1) is 10.8 Å². The number of aromatic hydroxyl groups is 1. The lowest BCUT2D eigenvalue weighted by Gasteiger charge is -2.10. The van der Waals surface area contributed by atoms with Crippen molar-refractivity contribution in [3.8, 4) is 17.0 Å². The van der Waals surface area contributed by atoms with Crippen LogP contribution in [0.2, 0.25) is 0 Å². The lowest BCUT2D eigenvalue weighted by Crippen LogP contribution is -2.25. The molecule has 118 valence electrons. The van der Waals surface area contributed by atoms with E-state index in [-0.39, 0.29) is 23.1 Å². The normalized spacial score (nSPS) is 16.4. The molecule has 0 fully saturated rings. The molecule has 1 aliphatic rings. The van der Waals surface area contributed by atoms with E-state index in [2.05, 4.69) is 0 Å². The lowest BCUT2D eigenvalue weighted by molar-refractivity contribution is 0.437. The molecule has 0 bridgehead atoms. The summed E-state index contributed by atoms with van der Waals surface area (Å²) in [6, 6.07) is 17.9. The number of hydrogen-bond acceptors (Lipinski definition) is 4. The molecular formula is C18H14N4O2. The summed E-state index contributed by atoms with van der Waals surface area (Å²) in [5.74, 6) is -1.02. The monoisotopic (exact) mass is 318 g/mol. The summed E-state index contributed by atoms with van der Waals surface area (Å²) in [6.45, 7) is 0. The van der Waals surface area contributed by atoms with Crippen molar-refractivity contribution in [3.05, 3.63) is 76.6 Å². The number of benzene rings is 2. The van der Waals surface area contributed by atoms with Crippen LogP contribution in [0.15, 0.2) is 65.5 Å². The Hall–Kier alpha value is -3.41. The molecule has 1 unspecified atom stereocenters. The first kappa shape index (κ1) is 14.2. The maximum atomic E-state index is 12.8. The van der Waals surface area contributed by atoms with Crippen molar-refractivity contribution in [3.63, 3.8) is 0 Å². The van der Waals surface area contributed by atoms with Gasteiger partial charge in [-0.2, -0.15) is 9.36 Å². The zero-order valence-electron chi connectivity index (χ0n) is 12.6. The quantitative estimate of drug-likeness (QED) is 0.677. The molecule has 2 aromatic carbocycles. The zero-order chi connectivity index (χ0) is 16.8. The Kier molecular flexibility index (Phi) is 2.99. The maximum absolute atomic E-state index is 12.8. The number of aromatic nitrogens is 2. The van der Waals surface area contributed by atoms with E-state index in [0.717, 1.165) is 14.9 Å². The summed E-state index contributed by atoms with van der Waals surface area (Å²) in [6.07, 6.45) is 0. The van der Waals surface area contributed by atoms with Gasteiger partial charge in [-0.3, -0.25) is 15.6 Å². The van der Waals surface area contributed by atoms with Gasteiger partial charge >= 0.3 is 0 Å². The Balaban J connectivity index is 1.91. The molecule has 0 radical (unpaired) electrons. The van der Waals surface area contributed by atoms with E-state index in [1.807, 2.05) is 24.3 Å². The Morgan fingerprint density at radius 2 is 1.38 bits per heavy atom. The van der Waals surface area contributed by atoms with E-state index in [0.29, 0.717) is 5.56 Å². The summed E-state index contributed by atoms with van der Waals surface area (Å²) in [5.41, 5.74) is 0.915. The highest BCUT2D eigenvalue weighted by Crippen LogP contribution is 2.33.